The third kappa shape index (κ3) is 6.92. The summed E-state index contributed by atoms with van der Waals surface area (Å²) in [6.45, 7) is 6.26. The van der Waals surface area contributed by atoms with Crippen LogP contribution in [0.25, 0.3) is 0 Å². The van der Waals surface area contributed by atoms with Crippen LogP contribution in [0.2, 0.25) is 5.02 Å². The summed E-state index contributed by atoms with van der Waals surface area (Å²) in [4.78, 5) is 27.0. The Kier molecular flexibility index (Phi) is 8.19. The highest BCUT2D eigenvalue weighted by Crippen LogP contribution is 2.18. The van der Waals surface area contributed by atoms with Crippen molar-refractivity contribution >= 4 is 23.6 Å². The molecule has 1 heterocycles. The molecule has 1 fully saturated rings. The normalized spacial score (nSPS) is 16.2. The molecule has 1 aromatic carbocycles. The van der Waals surface area contributed by atoms with Crippen LogP contribution in [0.15, 0.2) is 24.3 Å². The molecule has 150 valence electrons. The summed E-state index contributed by atoms with van der Waals surface area (Å²) in [7, 11) is 0. The van der Waals surface area contributed by atoms with E-state index in [-0.39, 0.29) is 24.7 Å². The van der Waals surface area contributed by atoms with Gasteiger partial charge in [0.25, 0.3) is 0 Å². The average Bonchev–Trinajstić information content (AvgIpc) is 2.66. The lowest BCUT2D eigenvalue weighted by Crippen LogP contribution is -2.51. The van der Waals surface area contributed by atoms with E-state index in [1.165, 1.54) is 0 Å². The lowest BCUT2D eigenvalue weighted by molar-refractivity contribution is -0.139. The number of likely N-dealkylation sites (N-methyl/N-ethyl adjacent to an activating group) is 1. The van der Waals surface area contributed by atoms with Crippen molar-refractivity contribution < 1.29 is 19.4 Å². The Hall–Kier alpha value is -1.99. The number of aliphatic carboxylic acids is 1. The Labute approximate surface area is 165 Å². The number of carbonyl (C=O) groups excluding carboxylic acids is 1. The van der Waals surface area contributed by atoms with E-state index >= 15 is 0 Å². The van der Waals surface area contributed by atoms with Gasteiger partial charge in [0.1, 0.15) is 11.9 Å². The standard InChI is InChI=1S/C19H28ClN3O4/c1-3-22(13-18(24)25)16-8-10-23(11-9-16)19(26)21-12-14(2)27-17-6-4-15(20)5-7-17/h4-7,14,16H,3,8-13H2,1-2H3,(H,21,26)(H,24,25)/t14-/m0/s1. The van der Waals surface area contributed by atoms with Crippen LogP contribution in [0.3, 0.4) is 0 Å². The van der Waals surface area contributed by atoms with E-state index in [9.17, 15) is 9.59 Å². The molecule has 0 radical (unpaired) electrons. The molecule has 0 saturated carbocycles. The van der Waals surface area contributed by atoms with Gasteiger partial charge in [-0.1, -0.05) is 18.5 Å². The van der Waals surface area contributed by atoms with Crippen molar-refractivity contribution in [2.75, 3.05) is 32.7 Å². The first-order valence-electron chi connectivity index (χ1n) is 9.30. The smallest absolute Gasteiger partial charge is 0.317 e. The van der Waals surface area contributed by atoms with Gasteiger partial charge in [-0.25, -0.2) is 4.79 Å². The highest BCUT2D eigenvalue weighted by molar-refractivity contribution is 6.30. The van der Waals surface area contributed by atoms with E-state index in [1.54, 1.807) is 29.2 Å². The van der Waals surface area contributed by atoms with Crippen LogP contribution in [-0.2, 0) is 4.79 Å². The number of hydrogen-bond donors (Lipinski definition) is 2. The number of carbonyl (C=O) groups is 2. The van der Waals surface area contributed by atoms with Gasteiger partial charge in [-0.15, -0.1) is 0 Å². The number of piperidine rings is 1. The number of rotatable bonds is 8. The first-order valence-corrected chi connectivity index (χ1v) is 9.67. The van der Waals surface area contributed by atoms with Gasteiger partial charge in [-0.05, 0) is 50.6 Å². The Bertz CT molecular complexity index is 618. The summed E-state index contributed by atoms with van der Waals surface area (Å²) in [5, 5.41) is 12.5. The molecule has 27 heavy (non-hydrogen) atoms. The number of likely N-dealkylation sites (tertiary alicyclic amines) is 1. The molecule has 1 atom stereocenters. The molecule has 2 amide bonds. The number of nitrogens with one attached hydrogen (secondary N) is 1. The van der Waals surface area contributed by atoms with Gasteiger partial charge < -0.3 is 20.1 Å². The van der Waals surface area contributed by atoms with Crippen molar-refractivity contribution in [1.29, 1.82) is 0 Å². The molecule has 1 aliphatic heterocycles. The molecule has 1 saturated heterocycles. The van der Waals surface area contributed by atoms with Crippen LogP contribution in [0.4, 0.5) is 4.79 Å². The van der Waals surface area contributed by atoms with E-state index in [1.807, 2.05) is 18.7 Å². The Balaban J connectivity index is 1.72. The Morgan fingerprint density at radius 2 is 1.96 bits per heavy atom. The van der Waals surface area contributed by atoms with Gasteiger partial charge in [0.05, 0.1) is 13.1 Å². The fourth-order valence-electron chi connectivity index (χ4n) is 3.24. The molecule has 0 aliphatic carbocycles. The van der Waals surface area contributed by atoms with Crippen molar-refractivity contribution in [3.05, 3.63) is 29.3 Å². The number of amides is 2. The van der Waals surface area contributed by atoms with Crippen LogP contribution < -0.4 is 10.1 Å². The van der Waals surface area contributed by atoms with Crippen LogP contribution >= 0.6 is 11.6 Å². The highest BCUT2D eigenvalue weighted by Gasteiger charge is 2.27. The lowest BCUT2D eigenvalue weighted by Gasteiger charge is -2.37. The van der Waals surface area contributed by atoms with E-state index < -0.39 is 5.97 Å². The van der Waals surface area contributed by atoms with E-state index in [0.717, 1.165) is 12.8 Å². The fourth-order valence-corrected chi connectivity index (χ4v) is 3.36. The molecule has 2 N–H and O–H groups in total. The Morgan fingerprint density at radius 1 is 1.33 bits per heavy atom. The van der Waals surface area contributed by atoms with Crippen LogP contribution in [0.1, 0.15) is 26.7 Å². The summed E-state index contributed by atoms with van der Waals surface area (Å²) < 4.78 is 5.75. The number of hydrogen-bond acceptors (Lipinski definition) is 4. The van der Waals surface area contributed by atoms with Gasteiger partial charge in [-0.2, -0.15) is 0 Å². The first kappa shape index (κ1) is 21.3. The van der Waals surface area contributed by atoms with Crippen molar-refractivity contribution in [2.24, 2.45) is 0 Å². The molecule has 2 rings (SSSR count). The van der Waals surface area contributed by atoms with Crippen molar-refractivity contribution in [3.63, 3.8) is 0 Å². The number of ether oxygens (including phenoxy) is 1. The number of carboxylic acids is 1. The quantitative estimate of drug-likeness (QED) is 0.704. The topological polar surface area (TPSA) is 82.1 Å². The summed E-state index contributed by atoms with van der Waals surface area (Å²) in [5.74, 6) is -0.105. The summed E-state index contributed by atoms with van der Waals surface area (Å²) in [5.41, 5.74) is 0. The zero-order chi connectivity index (χ0) is 19.8. The maximum absolute atomic E-state index is 12.4. The van der Waals surface area contributed by atoms with Gasteiger partial charge >= 0.3 is 12.0 Å². The summed E-state index contributed by atoms with van der Waals surface area (Å²) >= 11 is 5.85. The number of halogens is 1. The first-order chi connectivity index (χ1) is 12.9. The molecule has 8 heteroatoms. The molecule has 0 unspecified atom stereocenters. The van der Waals surface area contributed by atoms with Crippen LogP contribution in [-0.4, -0.2) is 71.8 Å². The molecule has 0 spiro atoms. The second kappa shape index (κ2) is 10.4. The fraction of sp³-hybridized carbons (Fsp3) is 0.579. The largest absolute Gasteiger partial charge is 0.489 e. The average molecular weight is 398 g/mol. The van der Waals surface area contributed by atoms with Crippen molar-refractivity contribution in [1.82, 2.24) is 15.1 Å². The van der Waals surface area contributed by atoms with Gasteiger partial charge in [0, 0.05) is 24.2 Å². The molecule has 7 nitrogen and oxygen atoms in total. The molecule has 0 aromatic heterocycles. The van der Waals surface area contributed by atoms with E-state index in [2.05, 4.69) is 5.32 Å². The van der Waals surface area contributed by atoms with Crippen LogP contribution in [0.5, 0.6) is 5.75 Å². The number of benzene rings is 1. The Morgan fingerprint density at radius 3 is 2.52 bits per heavy atom. The minimum absolute atomic E-state index is 0.0485. The molecule has 1 aromatic rings. The SMILES string of the molecule is CCN(CC(=O)O)C1CCN(C(=O)NC[C@H](C)Oc2ccc(Cl)cc2)CC1. The second-order valence-electron chi connectivity index (χ2n) is 6.74. The monoisotopic (exact) mass is 397 g/mol. The molecular weight excluding hydrogens is 370 g/mol. The molecule has 1 aliphatic rings. The van der Waals surface area contributed by atoms with Crippen molar-refractivity contribution in [2.45, 2.75) is 38.8 Å². The lowest BCUT2D eigenvalue weighted by atomic mass is 10.0. The maximum Gasteiger partial charge on any atom is 0.317 e. The van der Waals surface area contributed by atoms with Gasteiger partial charge in [0.15, 0.2) is 0 Å². The van der Waals surface area contributed by atoms with Gasteiger partial charge in [0.2, 0.25) is 0 Å². The molecule has 0 bridgehead atoms. The van der Waals surface area contributed by atoms with E-state index in [0.29, 0.717) is 37.0 Å². The highest BCUT2D eigenvalue weighted by atomic mass is 35.5. The van der Waals surface area contributed by atoms with Crippen molar-refractivity contribution in [3.8, 4) is 5.75 Å². The predicted molar refractivity (Wildman–Crippen MR) is 104 cm³/mol. The minimum Gasteiger partial charge on any atom is -0.489 e. The van der Waals surface area contributed by atoms with Crippen LogP contribution in [0, 0.1) is 0 Å². The zero-order valence-electron chi connectivity index (χ0n) is 15.9. The number of carboxylic acid groups (broad SMARTS) is 1. The summed E-state index contributed by atoms with van der Waals surface area (Å²) in [6.07, 6.45) is 1.40. The minimum atomic E-state index is -0.813. The third-order valence-electron chi connectivity index (χ3n) is 4.70. The second-order valence-corrected chi connectivity index (χ2v) is 7.18. The summed E-state index contributed by atoms with van der Waals surface area (Å²) in [6, 6.07) is 7.21. The number of nitrogens with zero attached hydrogens (tertiary/aromatic N) is 2. The maximum atomic E-state index is 12.4. The van der Waals surface area contributed by atoms with E-state index in [4.69, 9.17) is 21.4 Å². The third-order valence-corrected chi connectivity index (χ3v) is 4.96. The van der Waals surface area contributed by atoms with Gasteiger partial charge in [-0.3, -0.25) is 9.69 Å². The molecular formula is C19H28ClN3O4. The predicted octanol–water partition coefficient (Wildman–Crippen LogP) is 2.69. The zero-order valence-corrected chi connectivity index (χ0v) is 16.6. The number of urea groups is 1.